The van der Waals surface area contributed by atoms with E-state index in [0.29, 0.717) is 6.04 Å². The predicted molar refractivity (Wildman–Crippen MR) is 91.3 cm³/mol. The Labute approximate surface area is 125 Å². The lowest BCUT2D eigenvalue weighted by Gasteiger charge is -2.28. The Morgan fingerprint density at radius 2 is 1.65 bits per heavy atom. The van der Waals surface area contributed by atoms with Gasteiger partial charge in [0.25, 0.3) is 0 Å². The molecule has 0 unspecified atom stereocenters. The molecule has 2 N–H and O–H groups in total. The van der Waals surface area contributed by atoms with Gasteiger partial charge in [-0.15, -0.1) is 0 Å². The summed E-state index contributed by atoms with van der Waals surface area (Å²) in [6, 6.07) is 0.537. The number of hydrogen-bond acceptors (Lipinski definition) is 2. The van der Waals surface area contributed by atoms with Crippen molar-refractivity contribution in [1.82, 2.24) is 5.32 Å². The summed E-state index contributed by atoms with van der Waals surface area (Å²) in [4.78, 5) is 0. The van der Waals surface area contributed by atoms with Crippen LogP contribution in [0.3, 0.4) is 0 Å². The SMILES string of the molecule is C=C(C=N)/C(=C\C=C(C)C)NC1CCC(C)CC1.CC. The van der Waals surface area contributed by atoms with Gasteiger partial charge >= 0.3 is 0 Å². The maximum atomic E-state index is 7.35. The van der Waals surface area contributed by atoms with Crippen molar-refractivity contribution in [3.8, 4) is 0 Å². The molecule has 0 bridgehead atoms. The van der Waals surface area contributed by atoms with E-state index in [1.54, 1.807) is 0 Å². The highest BCUT2D eigenvalue weighted by Gasteiger charge is 2.18. The zero-order valence-electron chi connectivity index (χ0n) is 13.9. The van der Waals surface area contributed by atoms with E-state index >= 15 is 0 Å². The van der Waals surface area contributed by atoms with Crippen LogP contribution in [0.25, 0.3) is 0 Å². The van der Waals surface area contributed by atoms with Crippen LogP contribution < -0.4 is 5.32 Å². The molecule has 1 fully saturated rings. The van der Waals surface area contributed by atoms with E-state index in [2.05, 4.69) is 38.7 Å². The molecule has 0 spiro atoms. The average molecular weight is 276 g/mol. The molecule has 0 amide bonds. The second-order valence-electron chi connectivity index (χ2n) is 5.60. The maximum absolute atomic E-state index is 7.35. The molecule has 0 aromatic heterocycles. The standard InChI is InChI=1S/C16H26N2.C2H6/c1-12(2)5-10-16(14(4)11-17)18-15-8-6-13(3)7-9-15;1-2/h5,10-11,13,15,17-18H,4,6-9H2,1-3H3;1-2H3/b16-10+,17-11?;. The predicted octanol–water partition coefficient (Wildman–Crippen LogP) is 5.24. The summed E-state index contributed by atoms with van der Waals surface area (Å²) in [6.45, 7) is 14.4. The quantitative estimate of drug-likeness (QED) is 0.523. The second kappa shape index (κ2) is 10.5. The van der Waals surface area contributed by atoms with E-state index < -0.39 is 0 Å². The van der Waals surface area contributed by atoms with E-state index in [4.69, 9.17) is 5.41 Å². The van der Waals surface area contributed by atoms with Gasteiger partial charge in [0.05, 0.1) is 0 Å². The summed E-state index contributed by atoms with van der Waals surface area (Å²) in [6.07, 6.45) is 10.5. The van der Waals surface area contributed by atoms with Gasteiger partial charge in [-0.1, -0.05) is 39.0 Å². The van der Waals surface area contributed by atoms with Crippen LogP contribution in [0, 0.1) is 11.3 Å². The summed E-state index contributed by atoms with van der Waals surface area (Å²) in [5.74, 6) is 0.860. The molecule has 0 aliphatic heterocycles. The Balaban J connectivity index is 0.00000172. The lowest BCUT2D eigenvalue weighted by atomic mass is 9.87. The van der Waals surface area contributed by atoms with Gasteiger partial charge in [-0.05, 0) is 51.5 Å². The molecule has 1 aliphatic carbocycles. The van der Waals surface area contributed by atoms with Crippen molar-refractivity contribution in [3.63, 3.8) is 0 Å². The van der Waals surface area contributed by atoms with Gasteiger partial charge in [0.15, 0.2) is 0 Å². The van der Waals surface area contributed by atoms with Crippen LogP contribution in [-0.2, 0) is 0 Å². The third kappa shape index (κ3) is 7.32. The molecule has 0 atom stereocenters. The Bertz CT molecular complexity index is 352. The molecule has 0 radical (unpaired) electrons. The number of nitrogens with one attached hydrogen (secondary N) is 2. The van der Waals surface area contributed by atoms with Gasteiger partial charge in [0.2, 0.25) is 0 Å². The van der Waals surface area contributed by atoms with Gasteiger partial charge in [0.1, 0.15) is 0 Å². The van der Waals surface area contributed by atoms with Crippen molar-refractivity contribution >= 4 is 6.21 Å². The number of allylic oxidation sites excluding steroid dienone is 4. The highest BCUT2D eigenvalue weighted by Crippen LogP contribution is 2.24. The van der Waals surface area contributed by atoms with E-state index in [9.17, 15) is 0 Å². The van der Waals surface area contributed by atoms with Crippen molar-refractivity contribution in [2.75, 3.05) is 0 Å². The first-order valence-corrected chi connectivity index (χ1v) is 7.84. The van der Waals surface area contributed by atoms with E-state index in [1.807, 2.05) is 19.9 Å². The van der Waals surface area contributed by atoms with Crippen LogP contribution in [0.1, 0.15) is 60.3 Å². The molecule has 20 heavy (non-hydrogen) atoms. The van der Waals surface area contributed by atoms with Gasteiger partial charge in [-0.2, -0.15) is 0 Å². The average Bonchev–Trinajstić information content (AvgIpc) is 2.46. The summed E-state index contributed by atoms with van der Waals surface area (Å²) in [7, 11) is 0. The Hall–Kier alpha value is -1.31. The second-order valence-corrected chi connectivity index (χ2v) is 5.60. The van der Waals surface area contributed by atoms with Gasteiger partial charge in [-0.25, -0.2) is 0 Å². The van der Waals surface area contributed by atoms with Crippen molar-refractivity contribution in [3.05, 3.63) is 35.6 Å². The smallest absolute Gasteiger partial charge is 0.0425 e. The molecule has 0 aromatic carbocycles. The van der Waals surface area contributed by atoms with Crippen LogP contribution >= 0.6 is 0 Å². The lowest BCUT2D eigenvalue weighted by molar-refractivity contribution is 0.322. The van der Waals surface area contributed by atoms with Gasteiger partial charge in [-0.3, -0.25) is 0 Å². The highest BCUT2D eigenvalue weighted by atomic mass is 14.9. The molecular weight excluding hydrogens is 244 g/mol. The maximum Gasteiger partial charge on any atom is 0.0425 e. The fraction of sp³-hybridized carbons (Fsp3) is 0.611. The van der Waals surface area contributed by atoms with Gasteiger partial charge < -0.3 is 10.7 Å². The topological polar surface area (TPSA) is 35.9 Å². The summed E-state index contributed by atoms with van der Waals surface area (Å²) in [5.41, 5.74) is 3.00. The van der Waals surface area contributed by atoms with Crippen molar-refractivity contribution < 1.29 is 0 Å². The van der Waals surface area contributed by atoms with Crippen LogP contribution in [0.4, 0.5) is 0 Å². The van der Waals surface area contributed by atoms with Gasteiger partial charge in [0, 0.05) is 23.5 Å². The summed E-state index contributed by atoms with van der Waals surface area (Å²) >= 11 is 0. The largest absolute Gasteiger partial charge is 0.382 e. The van der Waals surface area contributed by atoms with Crippen LogP contribution in [0.5, 0.6) is 0 Å². The molecule has 1 saturated carbocycles. The number of hydrogen-bond donors (Lipinski definition) is 2. The molecular formula is C18H32N2. The minimum absolute atomic E-state index is 0.537. The Morgan fingerprint density at radius 3 is 2.10 bits per heavy atom. The van der Waals surface area contributed by atoms with E-state index in [0.717, 1.165) is 17.2 Å². The first kappa shape index (κ1) is 18.7. The molecule has 114 valence electrons. The fourth-order valence-electron chi connectivity index (χ4n) is 2.20. The van der Waals surface area contributed by atoms with E-state index in [-0.39, 0.29) is 0 Å². The third-order valence-corrected chi connectivity index (χ3v) is 3.48. The van der Waals surface area contributed by atoms with Crippen molar-refractivity contribution in [2.24, 2.45) is 5.92 Å². The van der Waals surface area contributed by atoms with Crippen molar-refractivity contribution in [1.29, 1.82) is 5.41 Å². The molecule has 0 saturated heterocycles. The summed E-state index contributed by atoms with van der Waals surface area (Å²) in [5, 5.41) is 10.9. The molecule has 0 heterocycles. The normalized spacial score (nSPS) is 22.1. The minimum Gasteiger partial charge on any atom is -0.382 e. The van der Waals surface area contributed by atoms with Crippen LogP contribution in [0.2, 0.25) is 0 Å². The monoisotopic (exact) mass is 276 g/mol. The molecule has 2 heteroatoms. The van der Waals surface area contributed by atoms with Crippen LogP contribution in [0.15, 0.2) is 35.6 Å². The zero-order chi connectivity index (χ0) is 15.5. The fourth-order valence-corrected chi connectivity index (χ4v) is 2.20. The molecule has 0 aromatic rings. The lowest BCUT2D eigenvalue weighted by Crippen LogP contribution is -2.32. The van der Waals surface area contributed by atoms with E-state index in [1.165, 1.54) is 37.5 Å². The first-order chi connectivity index (χ1) is 9.52. The highest BCUT2D eigenvalue weighted by molar-refractivity contribution is 5.81. The van der Waals surface area contributed by atoms with Crippen molar-refractivity contribution in [2.45, 2.75) is 66.3 Å². The molecule has 1 rings (SSSR count). The third-order valence-electron chi connectivity index (χ3n) is 3.48. The minimum atomic E-state index is 0.537. The first-order valence-electron chi connectivity index (χ1n) is 7.84. The number of rotatable bonds is 5. The van der Waals surface area contributed by atoms with Crippen LogP contribution in [-0.4, -0.2) is 12.3 Å². The zero-order valence-corrected chi connectivity index (χ0v) is 13.9. The summed E-state index contributed by atoms with van der Waals surface area (Å²) < 4.78 is 0. The molecule has 2 nitrogen and oxygen atoms in total. The Kier molecular flexibility index (Phi) is 9.79. The molecule has 1 aliphatic rings. The Morgan fingerprint density at radius 1 is 1.10 bits per heavy atom.